The molecule has 118 valence electrons. The van der Waals surface area contributed by atoms with E-state index in [4.69, 9.17) is 18.0 Å². The Balaban J connectivity index is 2.73. The highest BCUT2D eigenvalue weighted by molar-refractivity contribution is 7.89. The van der Waals surface area contributed by atoms with Gasteiger partial charge in [0.1, 0.15) is 0 Å². The molecule has 0 saturated heterocycles. The lowest BCUT2D eigenvalue weighted by atomic mass is 10.1. The average molecular weight is 340 g/mol. The molecule has 1 atom stereocenters. The SMILES string of the molecule is NC(=S)C(NS(=O)(=O)CCCC(F)(F)F)c1ccccc1. The van der Waals surface area contributed by atoms with Gasteiger partial charge in [0.25, 0.3) is 0 Å². The van der Waals surface area contributed by atoms with E-state index in [2.05, 4.69) is 4.72 Å². The lowest BCUT2D eigenvalue weighted by Gasteiger charge is -2.18. The fourth-order valence-corrected chi connectivity index (χ4v) is 3.17. The number of halogens is 3. The average Bonchev–Trinajstić information content (AvgIpc) is 2.35. The standard InChI is InChI=1S/C12H15F3N2O2S2/c13-12(14,15)7-4-8-21(18,19)17-10(11(16)20)9-5-2-1-3-6-9/h1-3,5-6,10,17H,4,7-8H2,(H2,16,20). The van der Waals surface area contributed by atoms with Gasteiger partial charge in [0.2, 0.25) is 10.0 Å². The van der Waals surface area contributed by atoms with Crippen molar-refractivity contribution in [3.05, 3.63) is 35.9 Å². The maximum absolute atomic E-state index is 12.0. The molecule has 0 saturated carbocycles. The van der Waals surface area contributed by atoms with Crippen molar-refractivity contribution in [3.63, 3.8) is 0 Å². The second kappa shape index (κ2) is 7.19. The van der Waals surface area contributed by atoms with Crippen LogP contribution in [0.4, 0.5) is 13.2 Å². The van der Waals surface area contributed by atoms with Gasteiger partial charge in [0.15, 0.2) is 0 Å². The summed E-state index contributed by atoms with van der Waals surface area (Å²) in [5.74, 6) is -0.640. The zero-order valence-electron chi connectivity index (χ0n) is 10.9. The highest BCUT2D eigenvalue weighted by atomic mass is 32.2. The first-order valence-corrected chi connectivity index (χ1v) is 8.08. The molecule has 1 rings (SSSR count). The summed E-state index contributed by atoms with van der Waals surface area (Å²) in [6, 6.07) is 7.41. The summed E-state index contributed by atoms with van der Waals surface area (Å²) in [7, 11) is -3.91. The normalized spacial score (nSPS) is 13.9. The summed E-state index contributed by atoms with van der Waals surface area (Å²) < 4.78 is 61.9. The fraction of sp³-hybridized carbons (Fsp3) is 0.417. The van der Waals surface area contributed by atoms with Crippen molar-refractivity contribution in [1.29, 1.82) is 0 Å². The minimum Gasteiger partial charge on any atom is -0.392 e. The number of rotatable bonds is 7. The Kier molecular flexibility index (Phi) is 6.11. The molecule has 0 spiro atoms. The number of nitrogens with two attached hydrogens (primary N) is 1. The number of thiocarbonyl (C=S) groups is 1. The van der Waals surface area contributed by atoms with Crippen LogP contribution < -0.4 is 10.5 Å². The van der Waals surface area contributed by atoms with Crippen LogP contribution in [0.25, 0.3) is 0 Å². The first kappa shape index (κ1) is 17.9. The van der Waals surface area contributed by atoms with E-state index in [1.165, 1.54) is 0 Å². The Morgan fingerprint density at radius 1 is 1.29 bits per heavy atom. The van der Waals surface area contributed by atoms with Gasteiger partial charge in [-0.25, -0.2) is 13.1 Å². The second-order valence-corrected chi connectivity index (χ2v) is 6.75. The molecule has 1 unspecified atom stereocenters. The molecule has 0 amide bonds. The van der Waals surface area contributed by atoms with Crippen LogP contribution in [0.3, 0.4) is 0 Å². The van der Waals surface area contributed by atoms with Gasteiger partial charge in [-0.2, -0.15) is 13.2 Å². The molecule has 3 N–H and O–H groups in total. The third-order valence-electron chi connectivity index (χ3n) is 2.59. The largest absolute Gasteiger partial charge is 0.392 e. The molecule has 0 fully saturated rings. The van der Waals surface area contributed by atoms with E-state index in [1.54, 1.807) is 30.3 Å². The maximum Gasteiger partial charge on any atom is 0.389 e. The van der Waals surface area contributed by atoms with Gasteiger partial charge in [-0.15, -0.1) is 0 Å². The summed E-state index contributed by atoms with van der Waals surface area (Å²) in [5, 5.41) is 0. The quantitative estimate of drug-likeness (QED) is 0.747. The Hall–Kier alpha value is -1.19. The van der Waals surface area contributed by atoms with E-state index >= 15 is 0 Å². The van der Waals surface area contributed by atoms with Gasteiger partial charge >= 0.3 is 6.18 Å². The van der Waals surface area contributed by atoms with E-state index in [0.717, 1.165) is 0 Å². The zero-order valence-corrected chi connectivity index (χ0v) is 12.6. The zero-order chi connectivity index (χ0) is 16.1. The number of hydrogen-bond donors (Lipinski definition) is 2. The number of alkyl halides is 3. The monoisotopic (exact) mass is 340 g/mol. The minimum atomic E-state index is -4.38. The number of nitrogens with one attached hydrogen (secondary N) is 1. The summed E-state index contributed by atoms with van der Waals surface area (Å²) >= 11 is 4.81. The first-order chi connectivity index (χ1) is 9.61. The topological polar surface area (TPSA) is 72.2 Å². The number of hydrogen-bond acceptors (Lipinski definition) is 3. The first-order valence-electron chi connectivity index (χ1n) is 6.02. The molecule has 0 aliphatic carbocycles. The number of sulfonamides is 1. The van der Waals surface area contributed by atoms with Crippen LogP contribution in [0.15, 0.2) is 30.3 Å². The molecule has 0 bridgehead atoms. The Morgan fingerprint density at radius 2 is 1.86 bits per heavy atom. The molecule has 0 aliphatic heterocycles. The number of benzene rings is 1. The van der Waals surface area contributed by atoms with Crippen molar-refractivity contribution in [2.24, 2.45) is 5.73 Å². The van der Waals surface area contributed by atoms with Crippen molar-refractivity contribution >= 4 is 27.2 Å². The molecule has 0 radical (unpaired) electrons. The second-order valence-electron chi connectivity index (χ2n) is 4.40. The highest BCUT2D eigenvalue weighted by Crippen LogP contribution is 2.22. The van der Waals surface area contributed by atoms with Crippen LogP contribution in [0.5, 0.6) is 0 Å². The Labute approximate surface area is 126 Å². The van der Waals surface area contributed by atoms with Gasteiger partial charge in [0, 0.05) is 6.42 Å². The fourth-order valence-electron chi connectivity index (χ4n) is 1.64. The molecule has 9 heteroatoms. The molecule has 0 aliphatic rings. The van der Waals surface area contributed by atoms with Crippen molar-refractivity contribution < 1.29 is 21.6 Å². The molecule has 0 aromatic heterocycles. The van der Waals surface area contributed by atoms with E-state index < -0.39 is 40.8 Å². The van der Waals surface area contributed by atoms with E-state index in [9.17, 15) is 21.6 Å². The predicted octanol–water partition coefficient (Wildman–Crippen LogP) is 2.28. The summed E-state index contributed by atoms with van der Waals surface area (Å²) in [5.41, 5.74) is 6.03. The molecule has 1 aromatic rings. The van der Waals surface area contributed by atoms with Crippen LogP contribution in [-0.2, 0) is 10.0 Å². The van der Waals surface area contributed by atoms with Gasteiger partial charge in [-0.05, 0) is 12.0 Å². The van der Waals surface area contributed by atoms with Crippen LogP contribution in [0.1, 0.15) is 24.4 Å². The lowest BCUT2D eigenvalue weighted by molar-refractivity contribution is -0.134. The van der Waals surface area contributed by atoms with Gasteiger partial charge in [-0.1, -0.05) is 42.5 Å². The molecule has 21 heavy (non-hydrogen) atoms. The van der Waals surface area contributed by atoms with Crippen LogP contribution in [0, 0.1) is 0 Å². The molecular formula is C12H15F3N2O2S2. The van der Waals surface area contributed by atoms with Crippen molar-refractivity contribution in [2.75, 3.05) is 5.75 Å². The molecule has 1 aromatic carbocycles. The van der Waals surface area contributed by atoms with E-state index in [-0.39, 0.29) is 4.99 Å². The molecular weight excluding hydrogens is 325 g/mol. The van der Waals surface area contributed by atoms with Crippen molar-refractivity contribution in [1.82, 2.24) is 4.72 Å². The smallest absolute Gasteiger partial charge is 0.389 e. The minimum absolute atomic E-state index is 0.0967. The summed E-state index contributed by atoms with van der Waals surface area (Å²) in [6.45, 7) is 0. The molecule has 4 nitrogen and oxygen atoms in total. The Bertz CT molecular complexity index is 574. The van der Waals surface area contributed by atoms with Crippen molar-refractivity contribution in [2.45, 2.75) is 25.1 Å². The van der Waals surface area contributed by atoms with Gasteiger partial charge < -0.3 is 5.73 Å². The van der Waals surface area contributed by atoms with Gasteiger partial charge in [-0.3, -0.25) is 0 Å². The van der Waals surface area contributed by atoms with E-state index in [1.807, 2.05) is 0 Å². The Morgan fingerprint density at radius 3 is 2.33 bits per heavy atom. The van der Waals surface area contributed by atoms with Gasteiger partial charge in [0.05, 0.1) is 16.8 Å². The third kappa shape index (κ3) is 6.87. The van der Waals surface area contributed by atoms with Crippen LogP contribution in [0.2, 0.25) is 0 Å². The lowest BCUT2D eigenvalue weighted by Crippen LogP contribution is -2.37. The van der Waals surface area contributed by atoms with E-state index in [0.29, 0.717) is 5.56 Å². The molecule has 0 heterocycles. The maximum atomic E-state index is 12.0. The van der Waals surface area contributed by atoms with Crippen LogP contribution in [-0.4, -0.2) is 25.3 Å². The van der Waals surface area contributed by atoms with Crippen LogP contribution >= 0.6 is 12.2 Å². The summed E-state index contributed by atoms with van der Waals surface area (Å²) in [4.78, 5) is -0.0967. The summed E-state index contributed by atoms with van der Waals surface area (Å²) in [6.07, 6.45) is -6.05. The highest BCUT2D eigenvalue weighted by Gasteiger charge is 2.28. The predicted molar refractivity (Wildman–Crippen MR) is 78.2 cm³/mol. The third-order valence-corrected chi connectivity index (χ3v) is 4.24. The van der Waals surface area contributed by atoms with Crippen molar-refractivity contribution in [3.8, 4) is 0 Å².